The molecule has 4 rings (SSSR count). The van der Waals surface area contributed by atoms with E-state index in [1.54, 1.807) is 0 Å². The van der Waals surface area contributed by atoms with Crippen molar-refractivity contribution in [3.63, 3.8) is 0 Å². The Balaban J connectivity index is 1.44. The fourth-order valence-electron chi connectivity index (χ4n) is 2.91. The van der Waals surface area contributed by atoms with E-state index in [-0.39, 0.29) is 0 Å². The van der Waals surface area contributed by atoms with Crippen LogP contribution in [0.15, 0.2) is 33.8 Å². The molecule has 0 unspecified atom stereocenters. The van der Waals surface area contributed by atoms with Crippen molar-refractivity contribution < 1.29 is 4.42 Å². The van der Waals surface area contributed by atoms with E-state index in [0.717, 1.165) is 23.6 Å². The Bertz CT molecular complexity index is 806. The van der Waals surface area contributed by atoms with E-state index in [0.29, 0.717) is 23.6 Å². The van der Waals surface area contributed by atoms with Crippen LogP contribution < -0.4 is 0 Å². The van der Waals surface area contributed by atoms with Crippen molar-refractivity contribution in [2.24, 2.45) is 0 Å². The maximum Gasteiger partial charge on any atom is 0.247 e. The first-order valence-corrected chi connectivity index (χ1v) is 9.08. The van der Waals surface area contributed by atoms with Gasteiger partial charge in [0.1, 0.15) is 0 Å². The van der Waals surface area contributed by atoms with Crippen molar-refractivity contribution in [1.82, 2.24) is 30.4 Å². The van der Waals surface area contributed by atoms with Crippen LogP contribution in [0.25, 0.3) is 11.5 Å². The summed E-state index contributed by atoms with van der Waals surface area (Å²) in [5, 5.41) is 21.2. The van der Waals surface area contributed by atoms with Gasteiger partial charge in [0.25, 0.3) is 0 Å². The number of rotatable bonds is 5. The lowest BCUT2D eigenvalue weighted by atomic mass is 10.1. The quantitative estimate of drug-likeness (QED) is 0.657. The topological polar surface area (TPSA) is 82.5 Å². The molecule has 0 radical (unpaired) electrons. The zero-order valence-electron chi connectivity index (χ0n) is 13.4. The van der Waals surface area contributed by atoms with E-state index in [2.05, 4.69) is 25.7 Å². The largest absolute Gasteiger partial charge is 0.420 e. The minimum absolute atomic E-state index is 0.424. The molecule has 1 aliphatic rings. The number of benzene rings is 1. The lowest BCUT2D eigenvalue weighted by Gasteiger charge is -2.09. The summed E-state index contributed by atoms with van der Waals surface area (Å²) in [4.78, 5) is 0. The van der Waals surface area contributed by atoms with Gasteiger partial charge in [-0.15, -0.1) is 15.3 Å². The summed E-state index contributed by atoms with van der Waals surface area (Å²) in [5.41, 5.74) is 2.13. The third-order valence-corrected chi connectivity index (χ3v) is 5.14. The van der Waals surface area contributed by atoms with E-state index >= 15 is 0 Å². The second-order valence-corrected chi connectivity index (χ2v) is 6.94. The van der Waals surface area contributed by atoms with Crippen LogP contribution in [-0.4, -0.2) is 30.4 Å². The molecule has 8 heteroatoms. The molecule has 7 nitrogen and oxygen atoms in total. The minimum Gasteiger partial charge on any atom is -0.420 e. The minimum atomic E-state index is 0.424. The summed E-state index contributed by atoms with van der Waals surface area (Å²) in [7, 11) is 0. The van der Waals surface area contributed by atoms with Crippen molar-refractivity contribution in [2.75, 3.05) is 0 Å². The van der Waals surface area contributed by atoms with E-state index in [4.69, 9.17) is 4.42 Å². The molecule has 1 aliphatic carbocycles. The molecule has 0 N–H and O–H groups in total. The Morgan fingerprint density at radius 2 is 1.92 bits per heavy atom. The summed E-state index contributed by atoms with van der Waals surface area (Å²) in [5.74, 6) is 1.68. The highest BCUT2D eigenvalue weighted by atomic mass is 32.2. The molecule has 2 heterocycles. The molecule has 1 saturated carbocycles. The first-order chi connectivity index (χ1) is 11.8. The summed E-state index contributed by atoms with van der Waals surface area (Å²) in [6.07, 6.45) is 4.80. The molecule has 24 heavy (non-hydrogen) atoms. The molecule has 0 aliphatic heterocycles. The predicted octanol–water partition coefficient (Wildman–Crippen LogP) is 3.44. The molecule has 0 saturated heterocycles. The second-order valence-electron chi connectivity index (χ2n) is 6.00. The summed E-state index contributed by atoms with van der Waals surface area (Å²) < 4.78 is 7.69. The lowest BCUT2D eigenvalue weighted by molar-refractivity contribution is 0.422. The highest BCUT2D eigenvalue weighted by molar-refractivity contribution is 7.98. The molecular weight excluding hydrogens is 324 g/mol. The lowest BCUT2D eigenvalue weighted by Crippen LogP contribution is -2.08. The number of hydrogen-bond donors (Lipinski definition) is 0. The van der Waals surface area contributed by atoms with Crippen LogP contribution in [0.4, 0.5) is 0 Å². The van der Waals surface area contributed by atoms with Gasteiger partial charge in [-0.2, -0.15) is 0 Å². The second kappa shape index (κ2) is 6.72. The number of aromatic nitrogens is 6. The van der Waals surface area contributed by atoms with Crippen LogP contribution in [0.1, 0.15) is 43.2 Å². The number of thioether (sulfide) groups is 1. The summed E-state index contributed by atoms with van der Waals surface area (Å²) in [6, 6.07) is 8.46. The van der Waals surface area contributed by atoms with Crippen molar-refractivity contribution >= 4 is 11.8 Å². The van der Waals surface area contributed by atoms with E-state index in [9.17, 15) is 0 Å². The highest BCUT2D eigenvalue weighted by Crippen LogP contribution is 2.32. The van der Waals surface area contributed by atoms with Crippen molar-refractivity contribution in [3.05, 3.63) is 35.7 Å². The van der Waals surface area contributed by atoms with Gasteiger partial charge in [-0.1, -0.05) is 42.3 Å². The number of nitrogens with zero attached hydrogens (tertiary/aromatic N) is 6. The Morgan fingerprint density at radius 3 is 2.71 bits per heavy atom. The number of tetrazole rings is 1. The number of hydrogen-bond acceptors (Lipinski definition) is 7. The van der Waals surface area contributed by atoms with Gasteiger partial charge < -0.3 is 4.42 Å². The number of aryl methyl sites for hydroxylation is 1. The normalized spacial score (nSPS) is 15.2. The van der Waals surface area contributed by atoms with Gasteiger partial charge in [0.2, 0.25) is 16.9 Å². The Labute approximate surface area is 143 Å². The third-order valence-electron chi connectivity index (χ3n) is 4.22. The first-order valence-electron chi connectivity index (χ1n) is 8.10. The molecule has 0 bridgehead atoms. The molecule has 1 aromatic carbocycles. The highest BCUT2D eigenvalue weighted by Gasteiger charge is 2.22. The van der Waals surface area contributed by atoms with Gasteiger partial charge in [-0.25, -0.2) is 4.68 Å². The molecule has 2 aromatic heterocycles. The van der Waals surface area contributed by atoms with Gasteiger partial charge in [-0.05, 0) is 42.3 Å². The Morgan fingerprint density at radius 1 is 1.12 bits per heavy atom. The monoisotopic (exact) mass is 342 g/mol. The van der Waals surface area contributed by atoms with Crippen LogP contribution in [0, 0.1) is 6.92 Å². The fraction of sp³-hybridized carbons (Fsp3) is 0.438. The zero-order chi connectivity index (χ0) is 16.4. The Hall–Kier alpha value is -2.22. The molecular formula is C16H18N6OS. The van der Waals surface area contributed by atoms with Crippen LogP contribution >= 0.6 is 11.8 Å². The maximum absolute atomic E-state index is 5.75. The van der Waals surface area contributed by atoms with Crippen molar-refractivity contribution in [3.8, 4) is 11.5 Å². The predicted molar refractivity (Wildman–Crippen MR) is 89.4 cm³/mol. The van der Waals surface area contributed by atoms with Gasteiger partial charge >= 0.3 is 0 Å². The molecule has 0 amide bonds. The third kappa shape index (κ3) is 3.19. The van der Waals surface area contributed by atoms with E-state index in [1.165, 1.54) is 30.2 Å². The fourth-order valence-corrected chi connectivity index (χ4v) is 3.69. The van der Waals surface area contributed by atoms with Gasteiger partial charge in [-0.3, -0.25) is 0 Å². The van der Waals surface area contributed by atoms with Crippen LogP contribution in [-0.2, 0) is 5.75 Å². The van der Waals surface area contributed by atoms with E-state index < -0.39 is 0 Å². The summed E-state index contributed by atoms with van der Waals surface area (Å²) >= 11 is 1.54. The molecule has 124 valence electrons. The molecule has 1 fully saturated rings. The first kappa shape index (κ1) is 15.3. The van der Waals surface area contributed by atoms with Crippen LogP contribution in [0.5, 0.6) is 0 Å². The standard InChI is InChI=1S/C16H18N6OS/c1-11-6-8-12(9-7-11)15-18-17-14(23-15)10-24-16-19-20-21-22(16)13-4-2-3-5-13/h6-9,13H,2-5,10H2,1H3. The van der Waals surface area contributed by atoms with Crippen molar-refractivity contribution in [2.45, 2.75) is 49.6 Å². The van der Waals surface area contributed by atoms with Gasteiger partial charge in [0.15, 0.2) is 0 Å². The zero-order valence-corrected chi connectivity index (χ0v) is 14.2. The average Bonchev–Trinajstić information content (AvgIpc) is 3.34. The van der Waals surface area contributed by atoms with Crippen LogP contribution in [0.2, 0.25) is 0 Å². The molecule has 3 aromatic rings. The molecule has 0 atom stereocenters. The van der Waals surface area contributed by atoms with Gasteiger partial charge in [0.05, 0.1) is 11.8 Å². The Kier molecular flexibility index (Phi) is 4.29. The SMILES string of the molecule is Cc1ccc(-c2nnc(CSc3nnnn3C3CCCC3)o2)cc1. The van der Waals surface area contributed by atoms with Gasteiger partial charge in [0, 0.05) is 5.56 Å². The maximum atomic E-state index is 5.75. The van der Waals surface area contributed by atoms with E-state index in [1.807, 2.05) is 35.9 Å². The smallest absolute Gasteiger partial charge is 0.247 e. The molecule has 0 spiro atoms. The van der Waals surface area contributed by atoms with Crippen molar-refractivity contribution in [1.29, 1.82) is 0 Å². The average molecular weight is 342 g/mol. The van der Waals surface area contributed by atoms with Crippen LogP contribution in [0.3, 0.4) is 0 Å². The summed E-state index contributed by atoms with van der Waals surface area (Å²) in [6.45, 7) is 2.05.